The van der Waals surface area contributed by atoms with Crippen LogP contribution < -0.4 is 4.90 Å². The summed E-state index contributed by atoms with van der Waals surface area (Å²) < 4.78 is 40.8. The Labute approximate surface area is 180 Å². The van der Waals surface area contributed by atoms with Crippen molar-refractivity contribution < 1.29 is 18.0 Å². The molecule has 2 aromatic rings. The van der Waals surface area contributed by atoms with Crippen molar-refractivity contribution >= 4 is 77.8 Å². The number of alkyl halides is 3. The van der Waals surface area contributed by atoms with Gasteiger partial charge in [-0.3, -0.25) is 9.69 Å². The molecule has 0 atom stereocenters. The van der Waals surface area contributed by atoms with Crippen LogP contribution in [0.5, 0.6) is 0 Å². The third-order valence-electron chi connectivity index (χ3n) is 3.83. The van der Waals surface area contributed by atoms with E-state index in [1.165, 1.54) is 12.1 Å². The molecule has 1 saturated heterocycles. The van der Waals surface area contributed by atoms with Gasteiger partial charge in [0, 0.05) is 8.95 Å². The van der Waals surface area contributed by atoms with E-state index >= 15 is 0 Å². The number of carbonyl (C=O) groups excluding carboxylic acids is 1. The lowest BCUT2D eigenvalue weighted by molar-refractivity contribution is -0.137. The first-order valence-electron chi connectivity index (χ1n) is 7.49. The van der Waals surface area contributed by atoms with Crippen LogP contribution in [0.2, 0.25) is 0 Å². The van der Waals surface area contributed by atoms with Gasteiger partial charge in [0.05, 0.1) is 16.2 Å². The molecule has 1 heterocycles. The van der Waals surface area contributed by atoms with E-state index in [1.807, 2.05) is 19.1 Å². The Morgan fingerprint density at radius 2 is 1.78 bits per heavy atom. The van der Waals surface area contributed by atoms with Crippen LogP contribution in [-0.2, 0) is 11.0 Å². The number of anilines is 1. The lowest BCUT2D eigenvalue weighted by atomic mass is 10.1. The van der Waals surface area contributed by atoms with Gasteiger partial charge < -0.3 is 0 Å². The van der Waals surface area contributed by atoms with E-state index in [4.69, 9.17) is 12.2 Å². The highest BCUT2D eigenvalue weighted by Crippen LogP contribution is 2.39. The number of nitrogens with zero attached hydrogens (tertiary/aromatic N) is 1. The maximum atomic E-state index is 13.0. The van der Waals surface area contributed by atoms with Gasteiger partial charge >= 0.3 is 6.18 Å². The average molecular weight is 537 g/mol. The van der Waals surface area contributed by atoms with E-state index in [-0.39, 0.29) is 10.0 Å². The van der Waals surface area contributed by atoms with Crippen LogP contribution >= 0.6 is 55.8 Å². The Morgan fingerprint density at radius 1 is 1.15 bits per heavy atom. The fourth-order valence-electron chi connectivity index (χ4n) is 2.41. The van der Waals surface area contributed by atoms with Crippen molar-refractivity contribution in [3.63, 3.8) is 0 Å². The minimum Gasteiger partial charge on any atom is -0.268 e. The molecule has 1 amide bonds. The van der Waals surface area contributed by atoms with Crippen LogP contribution in [0.1, 0.15) is 16.7 Å². The number of hydrogen-bond acceptors (Lipinski definition) is 3. The SMILES string of the molecule is Cc1c(Br)cc(/C=C2\SC(=S)N(c3cccc(C(F)(F)F)c3)C2=O)cc1Br. The Balaban J connectivity index is 1.97. The number of carbonyl (C=O) groups is 1. The maximum absolute atomic E-state index is 13.0. The largest absolute Gasteiger partial charge is 0.416 e. The molecule has 0 saturated carbocycles. The first-order valence-corrected chi connectivity index (χ1v) is 10.3. The highest BCUT2D eigenvalue weighted by Gasteiger charge is 2.36. The molecule has 0 aromatic heterocycles. The molecular weight excluding hydrogens is 527 g/mol. The zero-order valence-corrected chi connectivity index (χ0v) is 18.4. The quantitative estimate of drug-likeness (QED) is 0.306. The van der Waals surface area contributed by atoms with E-state index in [9.17, 15) is 18.0 Å². The Hall–Kier alpha value is -1.16. The van der Waals surface area contributed by atoms with E-state index < -0.39 is 17.6 Å². The minimum atomic E-state index is -4.49. The van der Waals surface area contributed by atoms with Gasteiger partial charge in [-0.25, -0.2) is 0 Å². The van der Waals surface area contributed by atoms with Gasteiger partial charge in [-0.1, -0.05) is 61.9 Å². The van der Waals surface area contributed by atoms with Crippen LogP contribution in [0.15, 0.2) is 50.2 Å². The van der Waals surface area contributed by atoms with Gasteiger partial charge in [0.15, 0.2) is 4.32 Å². The second-order valence-electron chi connectivity index (χ2n) is 5.67. The molecule has 1 fully saturated rings. The molecule has 1 aliphatic rings. The summed E-state index contributed by atoms with van der Waals surface area (Å²) in [5.41, 5.74) is 1.05. The van der Waals surface area contributed by atoms with Gasteiger partial charge in [-0.15, -0.1) is 0 Å². The average Bonchev–Trinajstić information content (AvgIpc) is 2.85. The highest BCUT2D eigenvalue weighted by atomic mass is 79.9. The zero-order chi connectivity index (χ0) is 19.9. The molecule has 0 spiro atoms. The molecule has 27 heavy (non-hydrogen) atoms. The van der Waals surface area contributed by atoms with E-state index in [1.54, 1.807) is 6.08 Å². The Bertz CT molecular complexity index is 966. The van der Waals surface area contributed by atoms with Crippen molar-refractivity contribution in [1.82, 2.24) is 0 Å². The predicted molar refractivity (Wildman–Crippen MR) is 114 cm³/mol. The molecule has 140 valence electrons. The summed E-state index contributed by atoms with van der Waals surface area (Å²) in [4.78, 5) is 14.2. The molecule has 9 heteroatoms. The van der Waals surface area contributed by atoms with Crippen LogP contribution in [-0.4, -0.2) is 10.2 Å². The van der Waals surface area contributed by atoms with Crippen LogP contribution in [0.25, 0.3) is 6.08 Å². The van der Waals surface area contributed by atoms with Gasteiger partial charge in [0.2, 0.25) is 0 Å². The summed E-state index contributed by atoms with van der Waals surface area (Å²) >= 11 is 13.2. The first-order chi connectivity index (χ1) is 12.6. The second-order valence-corrected chi connectivity index (χ2v) is 9.06. The lowest BCUT2D eigenvalue weighted by Crippen LogP contribution is -2.27. The van der Waals surface area contributed by atoms with Gasteiger partial charge in [-0.05, 0) is 54.5 Å². The number of halogens is 5. The molecule has 0 aliphatic carbocycles. The van der Waals surface area contributed by atoms with Crippen molar-refractivity contribution in [3.8, 4) is 0 Å². The maximum Gasteiger partial charge on any atom is 0.416 e. The molecule has 0 unspecified atom stereocenters. The Morgan fingerprint density at radius 3 is 2.37 bits per heavy atom. The van der Waals surface area contributed by atoms with Crippen LogP contribution in [0.3, 0.4) is 0 Å². The van der Waals surface area contributed by atoms with E-state index in [0.29, 0.717) is 4.91 Å². The highest BCUT2D eigenvalue weighted by molar-refractivity contribution is 9.11. The predicted octanol–water partition coefficient (Wildman–Crippen LogP) is 6.94. The number of thioether (sulfide) groups is 1. The molecule has 2 aromatic carbocycles. The fourth-order valence-corrected chi connectivity index (χ4v) is 4.93. The standard InChI is InChI=1S/C18H10Br2F3NOS2/c1-9-13(19)5-10(6-14(9)20)7-15-16(25)24(17(26)27-15)12-4-2-3-11(8-12)18(21,22)23/h2-8H,1H3/b15-7-. The van der Waals surface area contributed by atoms with Gasteiger partial charge in [-0.2, -0.15) is 13.2 Å². The van der Waals surface area contributed by atoms with Crippen LogP contribution in [0.4, 0.5) is 18.9 Å². The van der Waals surface area contributed by atoms with E-state index in [2.05, 4.69) is 31.9 Å². The number of benzene rings is 2. The monoisotopic (exact) mass is 535 g/mol. The number of amides is 1. The van der Waals surface area contributed by atoms with Crippen molar-refractivity contribution in [2.45, 2.75) is 13.1 Å². The summed E-state index contributed by atoms with van der Waals surface area (Å²) in [5.74, 6) is -0.447. The second kappa shape index (κ2) is 7.69. The zero-order valence-electron chi connectivity index (χ0n) is 13.6. The van der Waals surface area contributed by atoms with Crippen molar-refractivity contribution in [3.05, 3.63) is 66.9 Å². The van der Waals surface area contributed by atoms with E-state index in [0.717, 1.165) is 48.9 Å². The summed E-state index contributed by atoms with van der Waals surface area (Å²) in [7, 11) is 0. The topological polar surface area (TPSA) is 20.3 Å². The smallest absolute Gasteiger partial charge is 0.268 e. The number of thiocarbonyl (C=S) groups is 1. The molecule has 1 aliphatic heterocycles. The number of hydrogen-bond donors (Lipinski definition) is 0. The fraction of sp³-hybridized carbons (Fsp3) is 0.111. The molecule has 0 bridgehead atoms. The summed E-state index contributed by atoms with van der Waals surface area (Å²) in [6, 6.07) is 8.29. The minimum absolute atomic E-state index is 0.0991. The van der Waals surface area contributed by atoms with Crippen molar-refractivity contribution in [2.24, 2.45) is 0 Å². The third-order valence-corrected chi connectivity index (χ3v) is 6.78. The van der Waals surface area contributed by atoms with Gasteiger partial charge in [0.1, 0.15) is 0 Å². The Kier molecular flexibility index (Phi) is 5.86. The molecular formula is C18H10Br2F3NOS2. The van der Waals surface area contributed by atoms with Crippen molar-refractivity contribution in [1.29, 1.82) is 0 Å². The van der Waals surface area contributed by atoms with Crippen molar-refractivity contribution in [2.75, 3.05) is 4.90 Å². The summed E-state index contributed by atoms with van der Waals surface area (Å²) in [6.07, 6.45) is -2.82. The lowest BCUT2D eigenvalue weighted by Gasteiger charge is -2.16. The molecule has 3 rings (SSSR count). The normalized spacial score (nSPS) is 16.5. The molecule has 0 N–H and O–H groups in total. The summed E-state index contributed by atoms with van der Waals surface area (Å²) in [5, 5.41) is 0. The van der Waals surface area contributed by atoms with Crippen LogP contribution in [0, 0.1) is 6.92 Å². The molecule has 2 nitrogen and oxygen atoms in total. The first kappa shape index (κ1) is 20.6. The van der Waals surface area contributed by atoms with Gasteiger partial charge in [0.25, 0.3) is 5.91 Å². The summed E-state index contributed by atoms with van der Waals surface area (Å²) in [6.45, 7) is 1.94. The third kappa shape index (κ3) is 4.31. The molecule has 0 radical (unpaired) electrons. The number of rotatable bonds is 2.